The number of allylic oxidation sites excluding steroid dienone is 2. The number of nitrogens with zero attached hydrogens (tertiary/aromatic N) is 5. The number of nitrogens with one attached hydrogen (secondary N) is 1. The van der Waals surface area contributed by atoms with Crippen molar-refractivity contribution in [3.05, 3.63) is 24.3 Å². The third-order valence-electron chi connectivity index (χ3n) is 8.96. The normalized spacial score (nSPS) is 31.8. The minimum atomic E-state index is -0.514. The Kier molecular flexibility index (Phi) is 6.31. The smallest absolute Gasteiger partial charge is 0.183 e. The standard InChI is InChI=1S/C25H36N6O4/c1-17(8-12-31-16-28-21-20(31)22(30-33)27-15-26-21)6-10-23(2)18-5-4-9-25(34-13-14-35-25)24(18,3)11-7-19(23)29-32/h6,15-16,18,32-33H,4-5,7-14H2,1-3H3,(H,26,27,30)/b17-6+,29-19+/t18-,23-,24-/m1/s1. The summed E-state index contributed by atoms with van der Waals surface area (Å²) in [5.41, 5.74) is 5.10. The molecular weight excluding hydrogens is 448 g/mol. The molecule has 0 bridgehead atoms. The van der Waals surface area contributed by atoms with Crippen LogP contribution >= 0.6 is 0 Å². The summed E-state index contributed by atoms with van der Waals surface area (Å²) >= 11 is 0. The Morgan fingerprint density at radius 3 is 2.80 bits per heavy atom. The summed E-state index contributed by atoms with van der Waals surface area (Å²) < 4.78 is 14.5. The van der Waals surface area contributed by atoms with Crippen LogP contribution in [0.3, 0.4) is 0 Å². The van der Waals surface area contributed by atoms with Crippen molar-refractivity contribution >= 4 is 22.7 Å². The molecule has 10 nitrogen and oxygen atoms in total. The molecular formula is C25H36N6O4. The van der Waals surface area contributed by atoms with E-state index in [0.29, 0.717) is 42.7 Å². The summed E-state index contributed by atoms with van der Waals surface area (Å²) in [6.45, 7) is 8.70. The van der Waals surface area contributed by atoms with Gasteiger partial charge in [-0.1, -0.05) is 30.7 Å². The Morgan fingerprint density at radius 1 is 1.26 bits per heavy atom. The predicted molar refractivity (Wildman–Crippen MR) is 130 cm³/mol. The fourth-order valence-electron chi connectivity index (χ4n) is 6.96. The predicted octanol–water partition coefficient (Wildman–Crippen LogP) is 4.53. The second-order valence-electron chi connectivity index (χ2n) is 10.7. The van der Waals surface area contributed by atoms with E-state index in [0.717, 1.165) is 50.7 Å². The molecule has 3 N–H and O–H groups in total. The minimum Gasteiger partial charge on any atom is -0.411 e. The third kappa shape index (κ3) is 3.82. The molecule has 3 fully saturated rings. The van der Waals surface area contributed by atoms with Gasteiger partial charge in [-0.2, -0.15) is 0 Å². The van der Waals surface area contributed by atoms with Crippen LogP contribution in [-0.2, 0) is 16.0 Å². The van der Waals surface area contributed by atoms with E-state index in [4.69, 9.17) is 9.47 Å². The molecule has 5 rings (SSSR count). The lowest BCUT2D eigenvalue weighted by Crippen LogP contribution is -2.62. The van der Waals surface area contributed by atoms with Crippen LogP contribution in [0, 0.1) is 16.7 Å². The van der Waals surface area contributed by atoms with Crippen molar-refractivity contribution in [3.8, 4) is 0 Å². The molecule has 190 valence electrons. The second-order valence-corrected chi connectivity index (χ2v) is 10.7. The van der Waals surface area contributed by atoms with E-state index in [2.05, 4.69) is 52.4 Å². The lowest BCUT2D eigenvalue weighted by Gasteiger charge is -2.60. The first kappa shape index (κ1) is 24.1. The molecule has 0 amide bonds. The molecule has 3 aliphatic rings. The van der Waals surface area contributed by atoms with Crippen LogP contribution in [0.25, 0.3) is 11.2 Å². The van der Waals surface area contributed by atoms with Gasteiger partial charge in [-0.15, -0.1) is 0 Å². The first-order chi connectivity index (χ1) is 16.9. The van der Waals surface area contributed by atoms with Gasteiger partial charge in [0, 0.05) is 23.8 Å². The number of imidazole rings is 1. The highest BCUT2D eigenvalue weighted by molar-refractivity contribution is 5.91. The highest BCUT2D eigenvalue weighted by Crippen LogP contribution is 2.63. The maximum Gasteiger partial charge on any atom is 0.183 e. The average molecular weight is 485 g/mol. The topological polar surface area (TPSA) is 127 Å². The van der Waals surface area contributed by atoms with Gasteiger partial charge < -0.3 is 19.2 Å². The number of aryl methyl sites for hydroxylation is 1. The van der Waals surface area contributed by atoms with Crippen molar-refractivity contribution in [2.24, 2.45) is 21.9 Å². The highest BCUT2D eigenvalue weighted by atomic mass is 16.7. The van der Waals surface area contributed by atoms with E-state index >= 15 is 0 Å². The van der Waals surface area contributed by atoms with Gasteiger partial charge in [0.05, 0.1) is 25.3 Å². The summed E-state index contributed by atoms with van der Waals surface area (Å²) in [5.74, 6) is 0.132. The van der Waals surface area contributed by atoms with Crippen molar-refractivity contribution in [2.75, 3.05) is 18.7 Å². The lowest BCUT2D eigenvalue weighted by molar-refractivity contribution is -0.281. The number of ether oxygens (including phenoxy) is 2. The van der Waals surface area contributed by atoms with Crippen molar-refractivity contribution in [1.82, 2.24) is 19.5 Å². The SMILES string of the molecule is C/C(=C\C[C@@]1(C)/C(=N/O)CC[C@]2(C)[C@@H]1CCCC21OCCO1)CCn1cnc2ncnc(NO)c21. The molecule has 3 heterocycles. The molecule has 2 aliphatic carbocycles. The number of rotatable bonds is 6. The Labute approximate surface area is 205 Å². The number of hydrogen-bond donors (Lipinski definition) is 3. The monoisotopic (exact) mass is 484 g/mol. The molecule has 10 heteroatoms. The van der Waals surface area contributed by atoms with E-state index in [1.165, 1.54) is 11.9 Å². The molecule has 2 aromatic heterocycles. The van der Waals surface area contributed by atoms with Crippen molar-refractivity contribution in [3.63, 3.8) is 0 Å². The average Bonchev–Trinajstić information content (AvgIpc) is 3.51. The summed E-state index contributed by atoms with van der Waals surface area (Å²) in [6.07, 6.45) is 11.7. The molecule has 3 atom stereocenters. The Morgan fingerprint density at radius 2 is 2.06 bits per heavy atom. The van der Waals surface area contributed by atoms with Crippen LogP contribution in [-0.4, -0.2) is 54.6 Å². The minimum absolute atomic E-state index is 0.115. The number of hydrogen-bond acceptors (Lipinski definition) is 9. The zero-order valence-corrected chi connectivity index (χ0v) is 20.8. The molecule has 0 radical (unpaired) electrons. The van der Waals surface area contributed by atoms with Gasteiger partial charge in [-0.25, -0.2) is 15.0 Å². The van der Waals surface area contributed by atoms with E-state index in [-0.39, 0.29) is 10.8 Å². The van der Waals surface area contributed by atoms with Gasteiger partial charge in [0.2, 0.25) is 0 Å². The molecule has 1 saturated heterocycles. The Balaban J connectivity index is 1.35. The van der Waals surface area contributed by atoms with Gasteiger partial charge >= 0.3 is 0 Å². The number of fused-ring (bicyclic) bond motifs is 3. The zero-order chi connectivity index (χ0) is 24.7. The third-order valence-corrected chi connectivity index (χ3v) is 8.96. The summed E-state index contributed by atoms with van der Waals surface area (Å²) in [4.78, 5) is 12.6. The van der Waals surface area contributed by atoms with Crippen LogP contribution < -0.4 is 5.48 Å². The molecule has 2 aromatic rings. The first-order valence-electron chi connectivity index (χ1n) is 12.6. The highest BCUT2D eigenvalue weighted by Gasteiger charge is 2.64. The Hall–Kier alpha value is -2.56. The van der Waals surface area contributed by atoms with Crippen molar-refractivity contribution in [2.45, 2.75) is 78.0 Å². The van der Waals surface area contributed by atoms with Crippen molar-refractivity contribution < 1.29 is 19.9 Å². The first-order valence-corrected chi connectivity index (χ1v) is 12.6. The second kappa shape index (κ2) is 9.15. The molecule has 35 heavy (non-hydrogen) atoms. The summed E-state index contributed by atoms with van der Waals surface area (Å²) in [7, 11) is 0. The van der Waals surface area contributed by atoms with Crippen LogP contribution in [0.2, 0.25) is 0 Å². The van der Waals surface area contributed by atoms with Gasteiger partial charge in [0.15, 0.2) is 17.3 Å². The maximum absolute atomic E-state index is 9.96. The van der Waals surface area contributed by atoms with Gasteiger partial charge in [0.25, 0.3) is 0 Å². The van der Waals surface area contributed by atoms with Crippen molar-refractivity contribution in [1.29, 1.82) is 0 Å². The van der Waals surface area contributed by atoms with Gasteiger partial charge in [-0.3, -0.25) is 10.7 Å². The molecule has 1 aliphatic heterocycles. The van der Waals surface area contributed by atoms with Crippen LogP contribution in [0.1, 0.15) is 65.7 Å². The fraction of sp³-hybridized carbons (Fsp3) is 0.680. The largest absolute Gasteiger partial charge is 0.411 e. The maximum atomic E-state index is 9.96. The molecule has 0 unspecified atom stereocenters. The fourth-order valence-corrected chi connectivity index (χ4v) is 6.96. The zero-order valence-electron chi connectivity index (χ0n) is 20.8. The quantitative estimate of drug-likeness (QED) is 0.310. The molecule has 1 spiro atoms. The molecule has 0 aromatic carbocycles. The number of aromatic nitrogens is 4. The van der Waals surface area contributed by atoms with Crippen LogP contribution in [0.15, 0.2) is 29.5 Å². The number of oxime groups is 1. The lowest BCUT2D eigenvalue weighted by atomic mass is 9.47. The number of anilines is 1. The van der Waals surface area contributed by atoms with E-state index in [9.17, 15) is 10.4 Å². The van der Waals surface area contributed by atoms with E-state index in [1.807, 2.05) is 4.57 Å². The van der Waals surface area contributed by atoms with Crippen LogP contribution in [0.4, 0.5) is 5.82 Å². The Bertz CT molecular complexity index is 1140. The van der Waals surface area contributed by atoms with Gasteiger partial charge in [-0.05, 0) is 51.4 Å². The molecule has 2 saturated carbocycles. The van der Waals surface area contributed by atoms with E-state index in [1.54, 1.807) is 6.33 Å². The van der Waals surface area contributed by atoms with Crippen LogP contribution in [0.5, 0.6) is 0 Å². The van der Waals surface area contributed by atoms with Gasteiger partial charge in [0.1, 0.15) is 11.8 Å². The van der Waals surface area contributed by atoms with E-state index < -0.39 is 5.79 Å². The summed E-state index contributed by atoms with van der Waals surface area (Å²) in [5, 5.41) is 23.2. The summed E-state index contributed by atoms with van der Waals surface area (Å²) in [6, 6.07) is 0.